The summed E-state index contributed by atoms with van der Waals surface area (Å²) >= 11 is 1.68. The molecule has 0 saturated heterocycles. The van der Waals surface area contributed by atoms with Crippen LogP contribution in [0.5, 0.6) is 5.88 Å². The summed E-state index contributed by atoms with van der Waals surface area (Å²) in [5, 5.41) is 15.0. The highest BCUT2D eigenvalue weighted by atomic mass is 32.1. The van der Waals surface area contributed by atoms with Crippen molar-refractivity contribution in [2.24, 2.45) is 10.9 Å². The highest BCUT2D eigenvalue weighted by Crippen LogP contribution is 2.29. The van der Waals surface area contributed by atoms with Gasteiger partial charge in [0, 0.05) is 22.7 Å². The molecule has 8 nitrogen and oxygen atoms in total. The van der Waals surface area contributed by atoms with Crippen LogP contribution in [0.3, 0.4) is 0 Å². The molecule has 3 N–H and O–H groups in total. The van der Waals surface area contributed by atoms with Crippen LogP contribution in [0.4, 0.5) is 0 Å². The number of H-pyrrole nitrogens is 2. The van der Waals surface area contributed by atoms with Gasteiger partial charge in [0.1, 0.15) is 5.69 Å². The Morgan fingerprint density at radius 3 is 2.93 bits per heavy atom. The van der Waals surface area contributed by atoms with Crippen LogP contribution < -0.4 is 16.4 Å². The fraction of sp³-hybridized carbons (Fsp3) is 0.263. The topological polar surface area (TPSA) is 111 Å². The van der Waals surface area contributed by atoms with Crippen LogP contribution in [0.1, 0.15) is 23.4 Å². The Bertz CT molecular complexity index is 1360. The molecule has 0 radical (unpaired) electrons. The molecule has 0 spiro atoms. The van der Waals surface area contributed by atoms with Crippen molar-refractivity contribution in [3.05, 3.63) is 56.2 Å². The van der Waals surface area contributed by atoms with Gasteiger partial charge in [0.15, 0.2) is 11.1 Å². The van der Waals surface area contributed by atoms with Crippen molar-refractivity contribution in [3.63, 3.8) is 0 Å². The predicted octanol–water partition coefficient (Wildman–Crippen LogP) is 1.35. The quantitative estimate of drug-likeness (QED) is 0.485. The van der Waals surface area contributed by atoms with Crippen molar-refractivity contribution in [1.82, 2.24) is 24.6 Å². The van der Waals surface area contributed by atoms with Gasteiger partial charge < -0.3 is 10.1 Å². The first-order valence-corrected chi connectivity index (χ1v) is 9.87. The molecule has 5 rings (SSSR count). The molecule has 1 saturated carbocycles. The molecule has 4 heterocycles. The highest BCUT2D eigenvalue weighted by Gasteiger charge is 2.20. The van der Waals surface area contributed by atoms with Crippen LogP contribution in [0.15, 0.2) is 34.2 Å². The van der Waals surface area contributed by atoms with E-state index in [9.17, 15) is 9.90 Å². The molecule has 0 atom stereocenters. The normalized spacial score (nSPS) is 15.8. The number of hydrogen-bond acceptors (Lipinski definition) is 6. The lowest BCUT2D eigenvalue weighted by Crippen LogP contribution is -2.19. The summed E-state index contributed by atoms with van der Waals surface area (Å²) in [7, 11) is 0. The van der Waals surface area contributed by atoms with E-state index in [0.29, 0.717) is 16.8 Å². The average molecular weight is 394 g/mol. The summed E-state index contributed by atoms with van der Waals surface area (Å²) in [6.07, 6.45) is 5.77. The first kappa shape index (κ1) is 16.9. The maximum absolute atomic E-state index is 11.4. The summed E-state index contributed by atoms with van der Waals surface area (Å²) in [6.45, 7) is 2.85. The second-order valence-electron chi connectivity index (χ2n) is 7.02. The standard InChI is InChI=1S/C19H18N6O2S/c1-10-2-5-15(28-10)13-7-16(20-8-11-3-4-11)25-17(22-13)12(9-21-25)6-14-18(26)24-19(27)23-14/h2,5-7,9,11,26H,3-4,8H2,1H3,(H2,23,24,27). The lowest BCUT2D eigenvalue weighted by molar-refractivity contribution is 0.454. The maximum Gasteiger partial charge on any atom is 0.326 e. The number of hydrogen-bond donors (Lipinski definition) is 3. The SMILES string of the molecule is Cc1ccc(-c2cc(=NCC3CC3)n3ncc(=Cc4[nH]c(=O)[nH]c4O)c3n2)s1. The monoisotopic (exact) mass is 394 g/mol. The van der Waals surface area contributed by atoms with Crippen LogP contribution in [0.2, 0.25) is 0 Å². The van der Waals surface area contributed by atoms with Gasteiger partial charge in [0.05, 0.1) is 16.8 Å². The molecule has 142 valence electrons. The van der Waals surface area contributed by atoms with E-state index >= 15 is 0 Å². The van der Waals surface area contributed by atoms with Crippen molar-refractivity contribution >= 4 is 23.1 Å². The number of nitrogens with zero attached hydrogens (tertiary/aromatic N) is 4. The Kier molecular flexibility index (Phi) is 3.90. The lowest BCUT2D eigenvalue weighted by Gasteiger charge is -2.01. The van der Waals surface area contributed by atoms with Gasteiger partial charge in [-0.25, -0.2) is 9.78 Å². The number of fused-ring (bicyclic) bond motifs is 1. The van der Waals surface area contributed by atoms with Crippen LogP contribution in [-0.2, 0) is 0 Å². The molecule has 4 aromatic heterocycles. The average Bonchev–Trinajstić information content (AvgIpc) is 3.11. The number of rotatable bonds is 4. The number of aromatic nitrogens is 5. The Morgan fingerprint density at radius 2 is 2.25 bits per heavy atom. The van der Waals surface area contributed by atoms with E-state index < -0.39 is 5.69 Å². The van der Waals surface area contributed by atoms with Crippen molar-refractivity contribution in [2.45, 2.75) is 19.8 Å². The summed E-state index contributed by atoms with van der Waals surface area (Å²) in [5.74, 6) is 0.451. The van der Waals surface area contributed by atoms with Gasteiger partial charge in [-0.15, -0.1) is 11.3 Å². The molecular formula is C19H18N6O2S. The zero-order valence-corrected chi connectivity index (χ0v) is 16.0. The number of aromatic hydroxyl groups is 1. The summed E-state index contributed by atoms with van der Waals surface area (Å²) in [6, 6.07) is 6.09. The number of nitrogens with one attached hydrogen (secondary N) is 2. The summed E-state index contributed by atoms with van der Waals surface area (Å²) < 4.78 is 1.71. The van der Waals surface area contributed by atoms with Gasteiger partial charge in [-0.3, -0.25) is 9.98 Å². The van der Waals surface area contributed by atoms with E-state index in [2.05, 4.69) is 34.1 Å². The third kappa shape index (κ3) is 3.13. The fourth-order valence-electron chi connectivity index (χ4n) is 3.05. The van der Waals surface area contributed by atoms with Gasteiger partial charge in [0.25, 0.3) is 0 Å². The van der Waals surface area contributed by atoms with Crippen LogP contribution in [0, 0.1) is 12.8 Å². The summed E-state index contributed by atoms with van der Waals surface area (Å²) in [5.41, 5.74) is 2.03. The Balaban J connectivity index is 1.74. The number of aromatic amines is 2. The zero-order valence-electron chi connectivity index (χ0n) is 15.1. The Morgan fingerprint density at radius 1 is 1.39 bits per heavy atom. The van der Waals surface area contributed by atoms with Gasteiger partial charge in [0.2, 0.25) is 5.88 Å². The van der Waals surface area contributed by atoms with E-state index in [4.69, 9.17) is 9.98 Å². The molecule has 28 heavy (non-hydrogen) atoms. The third-order valence-corrected chi connectivity index (χ3v) is 5.74. The largest absolute Gasteiger partial charge is 0.493 e. The van der Waals surface area contributed by atoms with Crippen LogP contribution >= 0.6 is 11.3 Å². The molecule has 0 amide bonds. The predicted molar refractivity (Wildman–Crippen MR) is 106 cm³/mol. The Hall–Kier alpha value is -3.20. The summed E-state index contributed by atoms with van der Waals surface area (Å²) in [4.78, 5) is 28.1. The molecule has 0 unspecified atom stereocenters. The van der Waals surface area contributed by atoms with Crippen molar-refractivity contribution in [1.29, 1.82) is 0 Å². The molecular weight excluding hydrogens is 376 g/mol. The molecule has 0 aliphatic heterocycles. The van der Waals surface area contributed by atoms with Gasteiger partial charge in [-0.2, -0.15) is 9.61 Å². The first-order valence-electron chi connectivity index (χ1n) is 9.06. The molecule has 9 heteroatoms. The van der Waals surface area contributed by atoms with Gasteiger partial charge >= 0.3 is 5.69 Å². The first-order chi connectivity index (χ1) is 13.6. The fourth-order valence-corrected chi connectivity index (χ4v) is 3.88. The Labute approximate surface area is 162 Å². The van der Waals surface area contributed by atoms with Crippen molar-refractivity contribution in [3.8, 4) is 16.5 Å². The number of imidazole rings is 1. The molecule has 1 aliphatic carbocycles. The van der Waals surface area contributed by atoms with Crippen molar-refractivity contribution < 1.29 is 5.11 Å². The zero-order chi connectivity index (χ0) is 19.3. The minimum Gasteiger partial charge on any atom is -0.493 e. The third-order valence-electron chi connectivity index (χ3n) is 4.72. The van der Waals surface area contributed by atoms with Crippen molar-refractivity contribution in [2.75, 3.05) is 6.54 Å². The molecule has 1 aliphatic rings. The van der Waals surface area contributed by atoms with E-state index in [0.717, 1.165) is 22.6 Å². The molecule has 0 aromatic carbocycles. The van der Waals surface area contributed by atoms with E-state index in [-0.39, 0.29) is 11.6 Å². The second kappa shape index (κ2) is 6.45. The maximum atomic E-state index is 11.4. The number of thiophene rings is 1. The van der Waals surface area contributed by atoms with Crippen LogP contribution in [-0.4, -0.2) is 36.2 Å². The van der Waals surface area contributed by atoms with Gasteiger partial charge in [-0.1, -0.05) is 0 Å². The lowest BCUT2D eigenvalue weighted by atomic mass is 10.3. The van der Waals surface area contributed by atoms with E-state index in [1.807, 2.05) is 6.07 Å². The number of aryl methyl sites for hydroxylation is 1. The minimum atomic E-state index is -0.469. The van der Waals surface area contributed by atoms with E-state index in [1.54, 1.807) is 28.1 Å². The molecule has 4 aromatic rings. The van der Waals surface area contributed by atoms with Crippen LogP contribution in [0.25, 0.3) is 22.3 Å². The molecule has 1 fully saturated rings. The minimum absolute atomic E-state index is 0.215. The second-order valence-corrected chi connectivity index (χ2v) is 8.30. The van der Waals surface area contributed by atoms with Gasteiger partial charge in [-0.05, 0) is 43.9 Å². The smallest absolute Gasteiger partial charge is 0.326 e. The highest BCUT2D eigenvalue weighted by molar-refractivity contribution is 7.15. The van der Waals surface area contributed by atoms with E-state index in [1.165, 1.54) is 17.7 Å². The molecule has 0 bridgehead atoms.